The average molecular weight is 890 g/mol. The zero-order valence-corrected chi connectivity index (χ0v) is 37.4. The lowest BCUT2D eigenvalue weighted by atomic mass is 9.89. The number of amides is 3. The van der Waals surface area contributed by atoms with Crippen LogP contribution < -0.4 is 5.32 Å². The van der Waals surface area contributed by atoms with Crippen LogP contribution in [0.1, 0.15) is 91.4 Å². The van der Waals surface area contributed by atoms with Crippen molar-refractivity contribution in [1.29, 1.82) is 0 Å². The van der Waals surface area contributed by atoms with Crippen molar-refractivity contribution in [3.63, 3.8) is 0 Å². The van der Waals surface area contributed by atoms with E-state index in [9.17, 15) is 19.2 Å². The van der Waals surface area contributed by atoms with E-state index in [1.807, 2.05) is 46.3 Å². The highest BCUT2D eigenvalue weighted by molar-refractivity contribution is 5.92. The largest absolute Gasteiger partial charge is 0.469 e. The van der Waals surface area contributed by atoms with Crippen LogP contribution in [-0.4, -0.2) is 100 Å². The molecular weight excluding hydrogens is 835 g/mol. The predicted molar refractivity (Wildman–Crippen MR) is 248 cm³/mol. The van der Waals surface area contributed by atoms with E-state index in [1.54, 1.807) is 0 Å². The van der Waals surface area contributed by atoms with Crippen LogP contribution in [0, 0.1) is 5.92 Å². The van der Waals surface area contributed by atoms with Gasteiger partial charge in [0, 0.05) is 43.1 Å². The molecule has 6 aromatic rings. The summed E-state index contributed by atoms with van der Waals surface area (Å²) in [7, 11) is 2.67. The van der Waals surface area contributed by atoms with E-state index in [0.29, 0.717) is 39.1 Å². The molecule has 0 spiro atoms. The molecule has 66 heavy (non-hydrogen) atoms. The first-order valence-electron chi connectivity index (χ1n) is 23.2. The maximum absolute atomic E-state index is 14.2. The van der Waals surface area contributed by atoms with Crippen molar-refractivity contribution >= 4 is 34.6 Å². The summed E-state index contributed by atoms with van der Waals surface area (Å²) in [5.41, 5.74) is 9.32. The van der Waals surface area contributed by atoms with Crippen molar-refractivity contribution in [2.75, 3.05) is 40.5 Å². The number of ether oxygens (including phenoxy) is 3. The number of benzene rings is 4. The number of alkyl carbamates (subject to hydrolysis) is 1. The molecule has 4 aromatic carbocycles. The summed E-state index contributed by atoms with van der Waals surface area (Å²) in [5.74, 6) is 0.274. The predicted octanol–water partition coefficient (Wildman–Crippen LogP) is 8.21. The van der Waals surface area contributed by atoms with Gasteiger partial charge in [0.25, 0.3) is 0 Å². The van der Waals surface area contributed by atoms with Crippen molar-refractivity contribution in [3.05, 3.63) is 120 Å². The van der Waals surface area contributed by atoms with Crippen LogP contribution in [0.3, 0.4) is 0 Å². The Bertz CT molecular complexity index is 2780. The number of rotatable bonds is 11. The Labute approximate surface area is 383 Å². The van der Waals surface area contributed by atoms with E-state index in [2.05, 4.69) is 69.9 Å². The number of carbonyl (C=O) groups is 4. The number of aromatic nitrogens is 4. The first-order valence-corrected chi connectivity index (χ1v) is 23.2. The molecule has 3 aliphatic heterocycles. The van der Waals surface area contributed by atoms with E-state index in [-0.39, 0.29) is 36.2 Å². The molecule has 3 N–H and O–H groups in total. The SMILES string of the molecule is COC(=O)C[C@@H](C(=O)N1CCC[C@H]1c1ncc(-c2ccc3cc(-c4ccc5c(c4)CCc4[nH]c([C@@H]6CCCN6C(=O)[C@@H](NC(=O)OC)C6CCOCC6)nc4-5)ccc3c2)[nH]1)c1ccccc1. The molecule has 0 unspecified atom stereocenters. The van der Waals surface area contributed by atoms with Gasteiger partial charge in [0.15, 0.2) is 0 Å². The fourth-order valence-electron chi connectivity index (χ4n) is 10.6. The molecule has 0 bridgehead atoms. The third kappa shape index (κ3) is 8.45. The third-order valence-corrected chi connectivity index (χ3v) is 14.1. The Balaban J connectivity index is 0.841. The summed E-state index contributed by atoms with van der Waals surface area (Å²) in [6, 6.07) is 27.9. The minimum Gasteiger partial charge on any atom is -0.469 e. The fourth-order valence-corrected chi connectivity index (χ4v) is 10.6. The Morgan fingerprint density at radius 3 is 2.18 bits per heavy atom. The van der Waals surface area contributed by atoms with Crippen molar-refractivity contribution in [2.24, 2.45) is 5.92 Å². The number of nitrogens with zero attached hydrogens (tertiary/aromatic N) is 4. The van der Waals surface area contributed by atoms with E-state index in [1.165, 1.54) is 19.8 Å². The van der Waals surface area contributed by atoms with Crippen LogP contribution in [0.5, 0.6) is 0 Å². The number of methoxy groups -OCH3 is 2. The van der Waals surface area contributed by atoms with Crippen molar-refractivity contribution in [2.45, 2.75) is 81.8 Å². The number of hydrogen-bond donors (Lipinski definition) is 3. The van der Waals surface area contributed by atoms with Crippen LogP contribution in [0.4, 0.5) is 4.79 Å². The number of aryl methyl sites for hydroxylation is 2. The maximum atomic E-state index is 14.2. The Kier molecular flexibility index (Phi) is 12.1. The first-order chi connectivity index (χ1) is 32.3. The van der Waals surface area contributed by atoms with E-state index in [0.717, 1.165) is 106 Å². The number of esters is 1. The number of H-pyrrole nitrogens is 2. The molecule has 3 fully saturated rings. The van der Waals surface area contributed by atoms with E-state index in [4.69, 9.17) is 24.2 Å². The highest BCUT2D eigenvalue weighted by Gasteiger charge is 2.41. The van der Waals surface area contributed by atoms with Gasteiger partial charge in [0.05, 0.1) is 56.2 Å². The molecule has 14 nitrogen and oxygen atoms in total. The lowest BCUT2D eigenvalue weighted by molar-refractivity contribution is -0.145. The third-order valence-electron chi connectivity index (χ3n) is 14.1. The summed E-state index contributed by atoms with van der Waals surface area (Å²) in [4.78, 5) is 73.9. The van der Waals surface area contributed by atoms with Crippen molar-refractivity contribution < 1.29 is 33.4 Å². The van der Waals surface area contributed by atoms with Crippen molar-refractivity contribution in [1.82, 2.24) is 35.1 Å². The molecule has 2 aromatic heterocycles. The van der Waals surface area contributed by atoms with Gasteiger partial charge in [0.1, 0.15) is 17.7 Å². The number of fused-ring (bicyclic) bond motifs is 4. The molecule has 4 atom stereocenters. The highest BCUT2D eigenvalue weighted by Crippen LogP contribution is 2.40. The number of imidazole rings is 2. The van der Waals surface area contributed by atoms with Crippen LogP contribution in [0.2, 0.25) is 0 Å². The smallest absolute Gasteiger partial charge is 0.407 e. The second kappa shape index (κ2) is 18.6. The van der Waals surface area contributed by atoms with Gasteiger partial charge in [-0.2, -0.15) is 0 Å². The summed E-state index contributed by atoms with van der Waals surface area (Å²) in [6.45, 7) is 2.33. The molecule has 1 aliphatic carbocycles. The summed E-state index contributed by atoms with van der Waals surface area (Å²) < 4.78 is 15.4. The van der Waals surface area contributed by atoms with Crippen LogP contribution in [0.15, 0.2) is 91.1 Å². The summed E-state index contributed by atoms with van der Waals surface area (Å²) in [6.07, 6.45) is 7.60. The molecule has 0 radical (unpaired) electrons. The van der Waals surface area contributed by atoms with Gasteiger partial charge in [-0.15, -0.1) is 0 Å². The summed E-state index contributed by atoms with van der Waals surface area (Å²) in [5, 5.41) is 5.07. The minimum absolute atomic E-state index is 0.0195. The quantitative estimate of drug-likeness (QED) is 0.109. The van der Waals surface area contributed by atoms with E-state index >= 15 is 0 Å². The lowest BCUT2D eigenvalue weighted by Crippen LogP contribution is -2.53. The van der Waals surface area contributed by atoms with Crippen LogP contribution in [0.25, 0.3) is 44.4 Å². The summed E-state index contributed by atoms with van der Waals surface area (Å²) >= 11 is 0. The van der Waals surface area contributed by atoms with Gasteiger partial charge in [-0.3, -0.25) is 14.4 Å². The number of nitrogens with one attached hydrogen (secondary N) is 3. The molecule has 3 saturated heterocycles. The standard InChI is InChI=1S/C52H55N7O7/c1-64-45(60)29-40(31-8-4-3-5-9-31)50(61)58-22-6-10-43(58)48-53-30-42(55-48)38-15-14-34-26-33(12-13-35(34)28-38)36-16-18-39-37(27-36)17-19-41-47(39)56-49(54-41)44-11-7-23-59(44)51(62)46(57-52(63)65-2)32-20-24-66-25-21-32/h3-5,8-9,12-16,18,26-28,30,32,40,43-44,46H,6-7,10-11,17,19-25,29H2,1-2H3,(H,53,55)(H,54,56)(H,57,63)/t40-,43+,44+,46+/m1/s1. The number of carbonyl (C=O) groups excluding carboxylic acids is 4. The zero-order valence-electron chi connectivity index (χ0n) is 37.4. The number of likely N-dealkylation sites (tertiary alicyclic amines) is 2. The van der Waals surface area contributed by atoms with Crippen LogP contribution in [-0.2, 0) is 41.4 Å². The molecule has 340 valence electrons. The molecule has 4 aliphatic rings. The van der Waals surface area contributed by atoms with Gasteiger partial charge >= 0.3 is 12.1 Å². The Hall–Kier alpha value is -6.80. The Morgan fingerprint density at radius 2 is 1.44 bits per heavy atom. The van der Waals surface area contributed by atoms with Gasteiger partial charge in [-0.1, -0.05) is 72.8 Å². The molecule has 5 heterocycles. The molecule has 3 amide bonds. The minimum atomic E-state index is -0.678. The van der Waals surface area contributed by atoms with Crippen molar-refractivity contribution in [3.8, 4) is 33.6 Å². The highest BCUT2D eigenvalue weighted by atomic mass is 16.5. The topological polar surface area (TPSA) is 172 Å². The fraction of sp³-hybridized carbons (Fsp3) is 0.385. The van der Waals surface area contributed by atoms with Gasteiger partial charge in [-0.05, 0) is 102 Å². The average Bonchev–Trinajstić information content (AvgIpc) is 4.21. The van der Waals surface area contributed by atoms with Gasteiger partial charge in [0.2, 0.25) is 11.8 Å². The lowest BCUT2D eigenvalue weighted by Gasteiger charge is -2.34. The monoisotopic (exact) mass is 889 g/mol. The van der Waals surface area contributed by atoms with E-state index < -0.39 is 24.0 Å². The van der Waals surface area contributed by atoms with Gasteiger partial charge in [-0.25, -0.2) is 14.8 Å². The zero-order chi connectivity index (χ0) is 45.3. The normalized spacial score (nSPS) is 19.2. The van der Waals surface area contributed by atoms with Crippen LogP contribution >= 0.6 is 0 Å². The second-order valence-corrected chi connectivity index (χ2v) is 18.0. The number of hydrogen-bond acceptors (Lipinski definition) is 9. The van der Waals surface area contributed by atoms with Gasteiger partial charge < -0.3 is 39.3 Å². The maximum Gasteiger partial charge on any atom is 0.407 e. The first kappa shape index (κ1) is 43.1. The molecule has 14 heteroatoms. The Morgan fingerprint density at radius 1 is 0.758 bits per heavy atom. The molecule has 0 saturated carbocycles. The molecule has 10 rings (SSSR count). The second-order valence-electron chi connectivity index (χ2n) is 18.0. The number of aromatic amines is 2. The molecular formula is C52H55N7O7.